The van der Waals surface area contributed by atoms with Gasteiger partial charge in [-0.25, -0.2) is 0 Å². The molecule has 3 aromatic heterocycles. The molecule has 0 amide bonds. The highest BCUT2D eigenvalue weighted by atomic mass is 32.1. The van der Waals surface area contributed by atoms with E-state index in [0.717, 1.165) is 70.0 Å². The third-order valence-electron chi connectivity index (χ3n) is 8.46. The van der Waals surface area contributed by atoms with Crippen LogP contribution in [0.4, 0.5) is 0 Å². The molecule has 0 spiro atoms. The number of phenols is 1. The quantitative estimate of drug-likeness (QED) is 0.210. The summed E-state index contributed by atoms with van der Waals surface area (Å²) >= 11 is 1.60. The molecule has 46 heavy (non-hydrogen) atoms. The molecular weight excluding hydrogens is 587 g/mol. The average Bonchev–Trinajstić information content (AvgIpc) is 3.68. The molecule has 0 radical (unpaired) electrons. The zero-order valence-electron chi connectivity index (χ0n) is 24.5. The molecule has 9 aromatic rings. The predicted molar refractivity (Wildman–Crippen MR) is 188 cm³/mol. The van der Waals surface area contributed by atoms with Crippen LogP contribution in [0.1, 0.15) is 0 Å². The van der Waals surface area contributed by atoms with Gasteiger partial charge in [-0.15, -0.1) is 11.3 Å². The summed E-state index contributed by atoms with van der Waals surface area (Å²) in [4.78, 5) is 9.83. The summed E-state index contributed by atoms with van der Waals surface area (Å²) in [6, 6.07) is 47.4. The van der Waals surface area contributed by atoms with Crippen LogP contribution in [0.3, 0.4) is 0 Å². The predicted octanol–water partition coefficient (Wildman–Crippen LogP) is 10.8. The first kappa shape index (κ1) is 26.4. The monoisotopic (exact) mass is 611 g/mol. The van der Waals surface area contributed by atoms with E-state index in [2.05, 4.69) is 71.7 Å². The number of nitrogens with zero attached hydrogens (tertiary/aromatic N) is 3. The molecule has 0 aliphatic rings. The fourth-order valence-corrected chi connectivity index (χ4v) is 7.53. The molecule has 9 rings (SSSR count). The van der Waals surface area contributed by atoms with Gasteiger partial charge in [0, 0.05) is 32.8 Å². The third kappa shape index (κ3) is 4.23. The maximum Gasteiger partial charge on any atom is 0.307 e. The number of hydrogen-bond acceptors (Lipinski definition) is 5. The maximum atomic E-state index is 11.2. The highest BCUT2D eigenvalue weighted by Crippen LogP contribution is 2.46. The standard InChI is InChI=1S/C40H25N3O2S/c44-35-21-20-31-29-15-6-7-19-36(29)46-39(31)38(35)45-40-42-37-30(16-10-18-34(37)43(40)27-12-2-1-3-13-27)32-24-26(33-17-8-9-22-41-33)23-25-11-4-5-14-28(25)32/h1-24,44H. The first-order valence-electron chi connectivity index (χ1n) is 15.1. The van der Waals surface area contributed by atoms with Gasteiger partial charge in [0.05, 0.1) is 21.6 Å². The summed E-state index contributed by atoms with van der Waals surface area (Å²) in [5.41, 5.74) is 6.59. The molecule has 3 heterocycles. The fraction of sp³-hybridized carbons (Fsp3) is 0. The summed E-state index contributed by atoms with van der Waals surface area (Å²) in [6.45, 7) is 0. The van der Waals surface area contributed by atoms with E-state index < -0.39 is 0 Å². The van der Waals surface area contributed by atoms with Crippen LogP contribution >= 0.6 is 11.3 Å². The van der Waals surface area contributed by atoms with Crippen molar-refractivity contribution in [3.8, 4) is 45.6 Å². The SMILES string of the molecule is Oc1ccc2c(sc3ccccc32)c1Oc1nc2c(-c3cc(-c4ccccn4)cc4ccccc34)cccc2n1-c1ccccc1. The molecule has 6 heteroatoms. The number of para-hydroxylation sites is 2. The Bertz CT molecular complexity index is 2570. The van der Waals surface area contributed by atoms with Gasteiger partial charge in [0.1, 0.15) is 5.52 Å². The van der Waals surface area contributed by atoms with Gasteiger partial charge in [-0.1, -0.05) is 78.9 Å². The van der Waals surface area contributed by atoms with Crippen molar-refractivity contribution in [3.63, 3.8) is 0 Å². The summed E-state index contributed by atoms with van der Waals surface area (Å²) in [6.07, 6.45) is 1.82. The summed E-state index contributed by atoms with van der Waals surface area (Å²) in [5, 5.41) is 15.6. The van der Waals surface area contributed by atoms with E-state index >= 15 is 0 Å². The third-order valence-corrected chi connectivity index (χ3v) is 9.64. The molecule has 0 saturated heterocycles. The Labute approximate surface area is 268 Å². The Kier molecular flexibility index (Phi) is 6.08. The number of imidazole rings is 1. The van der Waals surface area contributed by atoms with Gasteiger partial charge in [-0.2, -0.15) is 4.98 Å². The molecule has 0 bridgehead atoms. The average molecular weight is 612 g/mol. The highest BCUT2D eigenvalue weighted by Gasteiger charge is 2.22. The number of rotatable bonds is 5. The first-order valence-corrected chi connectivity index (χ1v) is 15.9. The fourth-order valence-electron chi connectivity index (χ4n) is 6.35. The summed E-state index contributed by atoms with van der Waals surface area (Å²) in [5.74, 6) is 0.468. The number of phenolic OH excluding ortho intramolecular Hbond substituents is 1. The van der Waals surface area contributed by atoms with Crippen molar-refractivity contribution in [1.29, 1.82) is 0 Å². The lowest BCUT2D eigenvalue weighted by atomic mass is 9.93. The van der Waals surface area contributed by atoms with Gasteiger partial charge in [0.25, 0.3) is 0 Å². The maximum absolute atomic E-state index is 11.2. The van der Waals surface area contributed by atoms with Crippen LogP contribution in [0.2, 0.25) is 0 Å². The van der Waals surface area contributed by atoms with Crippen molar-refractivity contribution >= 4 is 53.3 Å². The number of pyridine rings is 1. The van der Waals surface area contributed by atoms with Crippen LogP contribution in [0.5, 0.6) is 17.5 Å². The van der Waals surface area contributed by atoms with E-state index in [0.29, 0.717) is 11.8 Å². The second kappa shape index (κ2) is 10.6. The van der Waals surface area contributed by atoms with Crippen LogP contribution in [-0.4, -0.2) is 19.6 Å². The minimum Gasteiger partial charge on any atom is -0.504 e. The van der Waals surface area contributed by atoms with Gasteiger partial charge in [-0.3, -0.25) is 9.55 Å². The zero-order valence-corrected chi connectivity index (χ0v) is 25.3. The number of ether oxygens (including phenoxy) is 1. The van der Waals surface area contributed by atoms with E-state index in [1.54, 1.807) is 17.4 Å². The second-order valence-corrected chi connectivity index (χ2v) is 12.2. The van der Waals surface area contributed by atoms with Crippen LogP contribution in [0.25, 0.3) is 70.0 Å². The van der Waals surface area contributed by atoms with Crippen LogP contribution in [0.15, 0.2) is 146 Å². The molecule has 0 fully saturated rings. The van der Waals surface area contributed by atoms with Crippen LogP contribution < -0.4 is 4.74 Å². The molecule has 0 aliphatic carbocycles. The van der Waals surface area contributed by atoms with Crippen molar-refractivity contribution in [1.82, 2.24) is 14.5 Å². The molecule has 0 aliphatic heterocycles. The van der Waals surface area contributed by atoms with E-state index in [1.807, 2.05) is 77.5 Å². The first-order chi connectivity index (χ1) is 22.7. The van der Waals surface area contributed by atoms with Crippen LogP contribution in [0, 0.1) is 0 Å². The Morgan fingerprint density at radius 1 is 0.652 bits per heavy atom. The molecule has 1 N–H and O–H groups in total. The van der Waals surface area contributed by atoms with E-state index in [4.69, 9.17) is 9.72 Å². The molecule has 5 nitrogen and oxygen atoms in total. The molecular formula is C40H25N3O2S. The van der Waals surface area contributed by atoms with Gasteiger partial charge < -0.3 is 9.84 Å². The smallest absolute Gasteiger partial charge is 0.307 e. The highest BCUT2D eigenvalue weighted by molar-refractivity contribution is 7.26. The van der Waals surface area contributed by atoms with Gasteiger partial charge >= 0.3 is 6.01 Å². The largest absolute Gasteiger partial charge is 0.504 e. The Morgan fingerprint density at radius 2 is 1.46 bits per heavy atom. The number of benzene rings is 6. The zero-order chi connectivity index (χ0) is 30.6. The minimum absolute atomic E-state index is 0.0694. The number of aromatic nitrogens is 3. The van der Waals surface area contributed by atoms with Crippen molar-refractivity contribution in [2.75, 3.05) is 0 Å². The molecule has 0 atom stereocenters. The lowest BCUT2D eigenvalue weighted by molar-refractivity contribution is 0.394. The van der Waals surface area contributed by atoms with Crippen molar-refractivity contribution < 1.29 is 9.84 Å². The molecule has 0 unspecified atom stereocenters. The van der Waals surface area contributed by atoms with Crippen molar-refractivity contribution in [2.45, 2.75) is 0 Å². The molecule has 6 aromatic carbocycles. The number of fused-ring (bicyclic) bond motifs is 5. The van der Waals surface area contributed by atoms with E-state index in [1.165, 1.54) is 0 Å². The van der Waals surface area contributed by atoms with E-state index in [-0.39, 0.29) is 5.75 Å². The topological polar surface area (TPSA) is 60.2 Å². The van der Waals surface area contributed by atoms with Crippen LogP contribution in [-0.2, 0) is 0 Å². The molecule has 218 valence electrons. The van der Waals surface area contributed by atoms with Crippen molar-refractivity contribution in [2.24, 2.45) is 0 Å². The minimum atomic E-state index is 0.0694. The molecule has 0 saturated carbocycles. The number of thiophene rings is 1. The summed E-state index contributed by atoms with van der Waals surface area (Å²) in [7, 11) is 0. The lowest BCUT2D eigenvalue weighted by Gasteiger charge is -2.12. The number of hydrogen-bond donors (Lipinski definition) is 1. The summed E-state index contributed by atoms with van der Waals surface area (Å²) < 4.78 is 10.7. The number of aromatic hydroxyl groups is 1. The van der Waals surface area contributed by atoms with Gasteiger partial charge in [0.2, 0.25) is 0 Å². The second-order valence-electron chi connectivity index (χ2n) is 11.2. The van der Waals surface area contributed by atoms with Gasteiger partial charge in [0.15, 0.2) is 11.5 Å². The normalized spacial score (nSPS) is 11.6. The Balaban J connectivity index is 1.30. The lowest BCUT2D eigenvalue weighted by Crippen LogP contribution is -1.98. The van der Waals surface area contributed by atoms with Gasteiger partial charge in [-0.05, 0) is 77.0 Å². The van der Waals surface area contributed by atoms with Crippen molar-refractivity contribution in [3.05, 3.63) is 146 Å². The van der Waals surface area contributed by atoms with E-state index in [9.17, 15) is 5.11 Å². The Morgan fingerprint density at radius 3 is 2.33 bits per heavy atom. The Hall–Kier alpha value is -5.98.